The number of amides is 1. The highest BCUT2D eigenvalue weighted by atomic mass is 16.2. The summed E-state index contributed by atoms with van der Waals surface area (Å²) in [5.41, 5.74) is 6.15. The number of anilines is 1. The van der Waals surface area contributed by atoms with Crippen LogP contribution in [-0.4, -0.2) is 58.7 Å². The topological polar surface area (TPSA) is 67.4 Å². The summed E-state index contributed by atoms with van der Waals surface area (Å²) in [6.45, 7) is 3.90. The van der Waals surface area contributed by atoms with Crippen molar-refractivity contribution in [2.75, 3.05) is 39.0 Å². The van der Waals surface area contributed by atoms with Crippen LogP contribution in [0.5, 0.6) is 0 Å². The SMILES string of the molecule is CN1CCCN(C(=O)Cn2cc(N)cn2)CC1. The van der Waals surface area contributed by atoms with E-state index < -0.39 is 0 Å². The second-order valence-electron chi connectivity index (χ2n) is 4.51. The van der Waals surface area contributed by atoms with E-state index in [1.165, 1.54) is 0 Å². The van der Waals surface area contributed by atoms with Gasteiger partial charge >= 0.3 is 0 Å². The van der Waals surface area contributed by atoms with Crippen molar-refractivity contribution >= 4 is 11.6 Å². The van der Waals surface area contributed by atoms with Crippen LogP contribution in [0.2, 0.25) is 0 Å². The Morgan fingerprint density at radius 2 is 2.24 bits per heavy atom. The number of aromatic nitrogens is 2. The van der Waals surface area contributed by atoms with Gasteiger partial charge in [0, 0.05) is 25.8 Å². The minimum atomic E-state index is 0.114. The van der Waals surface area contributed by atoms with E-state index >= 15 is 0 Å². The Bertz CT molecular complexity index is 389. The lowest BCUT2D eigenvalue weighted by atomic mass is 10.4. The van der Waals surface area contributed by atoms with Crippen LogP contribution in [0.3, 0.4) is 0 Å². The Labute approximate surface area is 101 Å². The van der Waals surface area contributed by atoms with Crippen molar-refractivity contribution in [2.45, 2.75) is 13.0 Å². The van der Waals surface area contributed by atoms with E-state index in [0.717, 1.165) is 32.6 Å². The van der Waals surface area contributed by atoms with E-state index in [2.05, 4.69) is 17.0 Å². The second-order valence-corrected chi connectivity index (χ2v) is 4.51. The average Bonchev–Trinajstić information content (AvgIpc) is 2.56. The standard InChI is InChI=1S/C11H19N5O/c1-14-3-2-4-15(6-5-14)11(17)9-16-8-10(12)7-13-16/h7-8H,2-6,9,12H2,1H3. The van der Waals surface area contributed by atoms with Gasteiger partial charge in [-0.05, 0) is 20.0 Å². The number of nitrogen functional groups attached to an aromatic ring is 1. The molecule has 0 bridgehead atoms. The molecule has 1 aliphatic rings. The first-order chi connectivity index (χ1) is 8.15. The van der Waals surface area contributed by atoms with Gasteiger partial charge in [-0.2, -0.15) is 5.10 Å². The van der Waals surface area contributed by atoms with Crippen LogP contribution in [0.15, 0.2) is 12.4 Å². The van der Waals surface area contributed by atoms with E-state index in [1.807, 2.05) is 4.90 Å². The number of hydrogen-bond donors (Lipinski definition) is 1. The molecule has 2 heterocycles. The van der Waals surface area contributed by atoms with E-state index in [-0.39, 0.29) is 12.5 Å². The second kappa shape index (κ2) is 5.18. The lowest BCUT2D eigenvalue weighted by molar-refractivity contribution is -0.131. The first-order valence-electron chi connectivity index (χ1n) is 5.89. The molecule has 0 aliphatic carbocycles. The fourth-order valence-electron chi connectivity index (χ4n) is 2.00. The van der Waals surface area contributed by atoms with Crippen LogP contribution in [0.1, 0.15) is 6.42 Å². The maximum absolute atomic E-state index is 12.0. The van der Waals surface area contributed by atoms with Gasteiger partial charge in [-0.15, -0.1) is 0 Å². The van der Waals surface area contributed by atoms with Crippen molar-refractivity contribution in [1.82, 2.24) is 19.6 Å². The van der Waals surface area contributed by atoms with Gasteiger partial charge in [-0.1, -0.05) is 0 Å². The van der Waals surface area contributed by atoms with E-state index in [0.29, 0.717) is 5.69 Å². The predicted octanol–water partition coefficient (Wildman–Crippen LogP) is -0.371. The zero-order chi connectivity index (χ0) is 12.3. The fraction of sp³-hybridized carbons (Fsp3) is 0.636. The lowest BCUT2D eigenvalue weighted by Gasteiger charge is -2.20. The van der Waals surface area contributed by atoms with Crippen LogP contribution in [0.4, 0.5) is 5.69 Å². The molecule has 94 valence electrons. The summed E-state index contributed by atoms with van der Waals surface area (Å²) in [6.07, 6.45) is 4.27. The zero-order valence-electron chi connectivity index (χ0n) is 10.2. The van der Waals surface area contributed by atoms with Crippen molar-refractivity contribution < 1.29 is 4.79 Å². The summed E-state index contributed by atoms with van der Waals surface area (Å²) in [4.78, 5) is 16.2. The molecule has 1 aliphatic heterocycles. The van der Waals surface area contributed by atoms with Crippen molar-refractivity contribution in [3.8, 4) is 0 Å². The van der Waals surface area contributed by atoms with Gasteiger partial charge in [0.15, 0.2) is 0 Å². The van der Waals surface area contributed by atoms with Gasteiger partial charge in [0.2, 0.25) is 5.91 Å². The van der Waals surface area contributed by atoms with Gasteiger partial charge in [0.25, 0.3) is 0 Å². The number of carbonyl (C=O) groups is 1. The van der Waals surface area contributed by atoms with Crippen LogP contribution in [-0.2, 0) is 11.3 Å². The largest absolute Gasteiger partial charge is 0.396 e. The highest BCUT2D eigenvalue weighted by molar-refractivity contribution is 5.76. The third kappa shape index (κ3) is 3.20. The molecule has 0 aromatic carbocycles. The lowest BCUT2D eigenvalue weighted by Crippen LogP contribution is -2.36. The Balaban J connectivity index is 1.91. The molecule has 0 radical (unpaired) electrons. The first kappa shape index (κ1) is 11.9. The number of rotatable bonds is 2. The summed E-state index contributed by atoms with van der Waals surface area (Å²) >= 11 is 0. The normalized spacial score (nSPS) is 18.1. The molecule has 0 saturated carbocycles. The van der Waals surface area contributed by atoms with Gasteiger partial charge in [-0.25, -0.2) is 0 Å². The Morgan fingerprint density at radius 3 is 2.94 bits per heavy atom. The first-order valence-corrected chi connectivity index (χ1v) is 5.89. The molecule has 1 fully saturated rings. The van der Waals surface area contributed by atoms with E-state index in [4.69, 9.17) is 5.73 Å². The molecule has 0 atom stereocenters. The summed E-state index contributed by atoms with van der Waals surface area (Å²) in [5.74, 6) is 0.114. The molecule has 1 saturated heterocycles. The maximum atomic E-state index is 12.0. The number of nitrogens with zero attached hydrogens (tertiary/aromatic N) is 4. The van der Waals surface area contributed by atoms with Gasteiger partial charge in [-0.3, -0.25) is 9.48 Å². The molecule has 0 unspecified atom stereocenters. The minimum absolute atomic E-state index is 0.114. The van der Waals surface area contributed by atoms with Gasteiger partial charge in [0.1, 0.15) is 6.54 Å². The van der Waals surface area contributed by atoms with Crippen molar-refractivity contribution in [1.29, 1.82) is 0 Å². The molecule has 1 aromatic heterocycles. The summed E-state index contributed by atoms with van der Waals surface area (Å²) in [7, 11) is 2.09. The number of carbonyl (C=O) groups excluding carboxylic acids is 1. The molecule has 2 rings (SSSR count). The van der Waals surface area contributed by atoms with Crippen LogP contribution in [0, 0.1) is 0 Å². The zero-order valence-corrected chi connectivity index (χ0v) is 10.2. The predicted molar refractivity (Wildman–Crippen MR) is 65.3 cm³/mol. The van der Waals surface area contributed by atoms with Gasteiger partial charge < -0.3 is 15.5 Å². The summed E-state index contributed by atoms with van der Waals surface area (Å²) in [6, 6.07) is 0. The number of likely N-dealkylation sites (N-methyl/N-ethyl adjacent to an activating group) is 1. The fourth-order valence-corrected chi connectivity index (χ4v) is 2.00. The molecule has 6 heteroatoms. The maximum Gasteiger partial charge on any atom is 0.244 e. The van der Waals surface area contributed by atoms with Crippen molar-refractivity contribution in [2.24, 2.45) is 0 Å². The molecule has 17 heavy (non-hydrogen) atoms. The van der Waals surface area contributed by atoms with Gasteiger partial charge in [0.05, 0.1) is 11.9 Å². The highest BCUT2D eigenvalue weighted by Crippen LogP contribution is 2.04. The van der Waals surface area contributed by atoms with Crippen molar-refractivity contribution in [3.05, 3.63) is 12.4 Å². The van der Waals surface area contributed by atoms with Crippen molar-refractivity contribution in [3.63, 3.8) is 0 Å². The van der Waals surface area contributed by atoms with Crippen LogP contribution in [0.25, 0.3) is 0 Å². The quantitative estimate of drug-likeness (QED) is 0.762. The molecule has 1 amide bonds. The molecule has 2 N–H and O–H groups in total. The summed E-state index contributed by atoms with van der Waals surface area (Å²) in [5, 5.41) is 4.02. The van der Waals surface area contributed by atoms with Crippen LogP contribution < -0.4 is 5.73 Å². The molecular weight excluding hydrogens is 218 g/mol. The monoisotopic (exact) mass is 237 g/mol. The Hall–Kier alpha value is -1.56. The minimum Gasteiger partial charge on any atom is -0.396 e. The van der Waals surface area contributed by atoms with E-state index in [1.54, 1.807) is 17.1 Å². The Morgan fingerprint density at radius 1 is 1.41 bits per heavy atom. The molecule has 6 nitrogen and oxygen atoms in total. The molecule has 0 spiro atoms. The number of hydrogen-bond acceptors (Lipinski definition) is 4. The third-order valence-corrected chi connectivity index (χ3v) is 3.02. The Kier molecular flexibility index (Phi) is 3.63. The average molecular weight is 237 g/mol. The summed E-state index contributed by atoms with van der Waals surface area (Å²) < 4.78 is 1.59. The third-order valence-electron chi connectivity index (χ3n) is 3.02. The van der Waals surface area contributed by atoms with Crippen LogP contribution >= 0.6 is 0 Å². The molecule has 1 aromatic rings. The van der Waals surface area contributed by atoms with E-state index in [9.17, 15) is 4.79 Å². The highest BCUT2D eigenvalue weighted by Gasteiger charge is 2.17. The smallest absolute Gasteiger partial charge is 0.244 e. The molecular formula is C11H19N5O. The number of nitrogens with two attached hydrogens (primary N) is 1.